The van der Waals surface area contributed by atoms with Crippen LogP contribution in [-0.2, 0) is 0 Å². The van der Waals surface area contributed by atoms with Crippen LogP contribution in [0.2, 0.25) is 0 Å². The van der Waals surface area contributed by atoms with Crippen molar-refractivity contribution in [3.63, 3.8) is 0 Å². The van der Waals surface area contributed by atoms with Gasteiger partial charge in [0.2, 0.25) is 0 Å². The van der Waals surface area contributed by atoms with Crippen LogP contribution in [0, 0.1) is 25.5 Å². The number of benzene rings is 1. The van der Waals surface area contributed by atoms with Gasteiger partial charge in [0.15, 0.2) is 17.5 Å². The van der Waals surface area contributed by atoms with Gasteiger partial charge in [-0.3, -0.25) is 0 Å². The molecule has 0 radical (unpaired) electrons. The summed E-state index contributed by atoms with van der Waals surface area (Å²) in [7, 11) is 0. The number of nitrogens with zero attached hydrogens (tertiary/aromatic N) is 1. The molecule has 20 heavy (non-hydrogen) atoms. The highest BCUT2D eigenvalue weighted by atomic mass is 19.1. The van der Waals surface area contributed by atoms with Crippen molar-refractivity contribution in [1.82, 2.24) is 4.98 Å². The van der Waals surface area contributed by atoms with Gasteiger partial charge < -0.3 is 10.1 Å². The fraction of sp³-hybridized carbons (Fsp3) is 0.267. The third-order valence-corrected chi connectivity index (χ3v) is 2.79. The van der Waals surface area contributed by atoms with E-state index in [-0.39, 0.29) is 11.7 Å². The molecule has 1 aromatic carbocycles. The molecule has 0 aliphatic carbocycles. The quantitative estimate of drug-likeness (QED) is 0.910. The lowest BCUT2D eigenvalue weighted by Crippen LogP contribution is -2.05. The predicted octanol–water partition coefficient (Wildman–Crippen LogP) is 4.20. The molecular formula is C15H16F2N2O. The molecule has 0 spiro atoms. The molecule has 0 aliphatic rings. The fourth-order valence-electron chi connectivity index (χ4n) is 1.73. The molecule has 106 valence electrons. The smallest absolute Gasteiger partial charge is 0.258 e. The topological polar surface area (TPSA) is 34.2 Å². The Hall–Kier alpha value is -2.17. The summed E-state index contributed by atoms with van der Waals surface area (Å²) in [5.41, 5.74) is 1.84. The molecule has 0 saturated heterocycles. The van der Waals surface area contributed by atoms with Crippen molar-refractivity contribution in [2.24, 2.45) is 0 Å². The van der Waals surface area contributed by atoms with E-state index in [0.717, 1.165) is 17.2 Å². The number of anilines is 1. The van der Waals surface area contributed by atoms with E-state index in [1.807, 2.05) is 26.0 Å². The number of rotatable bonds is 4. The molecule has 3 nitrogen and oxygen atoms in total. The molecule has 0 amide bonds. The average Bonchev–Trinajstić information content (AvgIpc) is 2.39. The Morgan fingerprint density at radius 3 is 2.60 bits per heavy atom. The van der Waals surface area contributed by atoms with Crippen molar-refractivity contribution in [1.29, 1.82) is 0 Å². The van der Waals surface area contributed by atoms with Crippen LogP contribution in [-0.4, -0.2) is 11.5 Å². The number of aromatic nitrogens is 1. The summed E-state index contributed by atoms with van der Waals surface area (Å²) in [6, 6.07) is 6.36. The number of ether oxygens (including phenoxy) is 1. The van der Waals surface area contributed by atoms with Crippen molar-refractivity contribution in [3.8, 4) is 11.6 Å². The van der Waals surface area contributed by atoms with Gasteiger partial charge in [-0.15, -0.1) is 0 Å². The highest BCUT2D eigenvalue weighted by Crippen LogP contribution is 2.28. The summed E-state index contributed by atoms with van der Waals surface area (Å²) in [5, 5.41) is 2.72. The van der Waals surface area contributed by atoms with E-state index in [1.54, 1.807) is 13.0 Å². The monoisotopic (exact) mass is 278 g/mol. The van der Waals surface area contributed by atoms with Gasteiger partial charge in [-0.05, 0) is 38.0 Å². The van der Waals surface area contributed by atoms with Gasteiger partial charge in [-0.25, -0.2) is 8.78 Å². The largest absolute Gasteiger partial charge is 0.436 e. The number of aryl methyl sites for hydroxylation is 2. The summed E-state index contributed by atoms with van der Waals surface area (Å²) in [6.07, 6.45) is 0. The highest BCUT2D eigenvalue weighted by molar-refractivity contribution is 5.43. The molecule has 5 heteroatoms. The minimum atomic E-state index is -0.829. The van der Waals surface area contributed by atoms with Crippen LogP contribution >= 0.6 is 0 Å². The number of nitrogens with one attached hydrogen (secondary N) is 1. The lowest BCUT2D eigenvalue weighted by Gasteiger charge is -2.11. The van der Waals surface area contributed by atoms with E-state index in [2.05, 4.69) is 10.3 Å². The molecule has 2 aromatic rings. The van der Waals surface area contributed by atoms with Crippen molar-refractivity contribution < 1.29 is 13.5 Å². The standard InChI is InChI=1S/C15H16F2N2O/c1-4-18-14-11(16)8-12(17)15(19-14)20-13-7-9(2)5-6-10(13)3/h5-8H,4H2,1-3H3,(H,18,19). The summed E-state index contributed by atoms with van der Waals surface area (Å²) in [4.78, 5) is 3.84. The molecule has 0 atom stereocenters. The van der Waals surface area contributed by atoms with Crippen LogP contribution in [0.25, 0.3) is 0 Å². The average molecular weight is 278 g/mol. The van der Waals surface area contributed by atoms with E-state index in [1.165, 1.54) is 0 Å². The van der Waals surface area contributed by atoms with Crippen LogP contribution < -0.4 is 10.1 Å². The first kappa shape index (κ1) is 14.2. The molecule has 1 aromatic heterocycles. The van der Waals surface area contributed by atoms with Crippen molar-refractivity contribution in [3.05, 3.63) is 47.0 Å². The van der Waals surface area contributed by atoms with E-state index < -0.39 is 11.6 Å². The highest BCUT2D eigenvalue weighted by Gasteiger charge is 2.14. The second-order valence-corrected chi connectivity index (χ2v) is 4.51. The molecule has 1 N–H and O–H groups in total. The van der Waals surface area contributed by atoms with Gasteiger partial charge in [0.05, 0.1) is 0 Å². The second kappa shape index (κ2) is 5.86. The van der Waals surface area contributed by atoms with E-state index in [4.69, 9.17) is 4.74 Å². The minimum Gasteiger partial charge on any atom is -0.436 e. The van der Waals surface area contributed by atoms with Gasteiger partial charge in [-0.1, -0.05) is 12.1 Å². The maximum absolute atomic E-state index is 13.7. The maximum atomic E-state index is 13.7. The normalized spacial score (nSPS) is 10.4. The Morgan fingerprint density at radius 2 is 1.90 bits per heavy atom. The Balaban J connectivity index is 2.37. The van der Waals surface area contributed by atoms with E-state index >= 15 is 0 Å². The van der Waals surface area contributed by atoms with Gasteiger partial charge in [0, 0.05) is 12.6 Å². The van der Waals surface area contributed by atoms with Crippen LogP contribution in [0.1, 0.15) is 18.1 Å². The minimum absolute atomic E-state index is 0.0193. The number of hydrogen-bond acceptors (Lipinski definition) is 3. The molecular weight excluding hydrogens is 262 g/mol. The van der Waals surface area contributed by atoms with Crippen molar-refractivity contribution in [2.45, 2.75) is 20.8 Å². The lowest BCUT2D eigenvalue weighted by atomic mass is 10.1. The Morgan fingerprint density at radius 1 is 1.15 bits per heavy atom. The number of hydrogen-bond donors (Lipinski definition) is 1. The summed E-state index contributed by atoms with van der Waals surface area (Å²) < 4.78 is 32.7. The van der Waals surface area contributed by atoms with Crippen LogP contribution in [0.3, 0.4) is 0 Å². The summed E-state index contributed by atoms with van der Waals surface area (Å²) in [5.74, 6) is -1.32. The maximum Gasteiger partial charge on any atom is 0.258 e. The third-order valence-electron chi connectivity index (χ3n) is 2.79. The number of halogens is 2. The van der Waals surface area contributed by atoms with Crippen molar-refractivity contribution >= 4 is 5.82 Å². The molecule has 0 fully saturated rings. The van der Waals surface area contributed by atoms with E-state index in [9.17, 15) is 8.78 Å². The molecule has 0 bridgehead atoms. The van der Waals surface area contributed by atoms with E-state index in [0.29, 0.717) is 12.3 Å². The lowest BCUT2D eigenvalue weighted by molar-refractivity contribution is 0.415. The first-order valence-electron chi connectivity index (χ1n) is 6.36. The molecule has 0 saturated carbocycles. The van der Waals surface area contributed by atoms with Crippen molar-refractivity contribution in [2.75, 3.05) is 11.9 Å². The first-order chi connectivity index (χ1) is 9.51. The molecule has 1 heterocycles. The summed E-state index contributed by atoms with van der Waals surface area (Å²) >= 11 is 0. The zero-order valence-electron chi connectivity index (χ0n) is 11.6. The zero-order valence-corrected chi connectivity index (χ0v) is 11.6. The molecule has 0 aliphatic heterocycles. The Bertz CT molecular complexity index is 630. The molecule has 2 rings (SSSR count). The SMILES string of the molecule is CCNc1nc(Oc2cc(C)ccc2C)c(F)cc1F. The summed E-state index contributed by atoms with van der Waals surface area (Å²) in [6.45, 7) is 6.04. The Labute approximate surface area is 116 Å². The molecule has 0 unspecified atom stereocenters. The Kier molecular flexibility index (Phi) is 4.17. The zero-order chi connectivity index (χ0) is 14.7. The number of pyridine rings is 1. The second-order valence-electron chi connectivity index (χ2n) is 4.51. The van der Waals surface area contributed by atoms with Crippen LogP contribution in [0.15, 0.2) is 24.3 Å². The van der Waals surface area contributed by atoms with Gasteiger partial charge in [0.1, 0.15) is 5.75 Å². The van der Waals surface area contributed by atoms with Gasteiger partial charge >= 0.3 is 0 Å². The third kappa shape index (κ3) is 3.04. The van der Waals surface area contributed by atoms with Crippen LogP contribution in [0.5, 0.6) is 11.6 Å². The fourth-order valence-corrected chi connectivity index (χ4v) is 1.73. The van der Waals surface area contributed by atoms with Gasteiger partial charge in [0.25, 0.3) is 5.88 Å². The van der Waals surface area contributed by atoms with Gasteiger partial charge in [-0.2, -0.15) is 4.98 Å². The first-order valence-corrected chi connectivity index (χ1v) is 6.36. The van der Waals surface area contributed by atoms with Crippen LogP contribution in [0.4, 0.5) is 14.6 Å². The predicted molar refractivity (Wildman–Crippen MR) is 74.3 cm³/mol.